The van der Waals surface area contributed by atoms with Gasteiger partial charge in [-0.1, -0.05) is 6.07 Å². The van der Waals surface area contributed by atoms with E-state index in [1.165, 1.54) is 12.0 Å². The molecule has 0 aliphatic carbocycles. The van der Waals surface area contributed by atoms with Crippen LogP contribution in [-0.4, -0.2) is 59.0 Å². The van der Waals surface area contributed by atoms with E-state index in [1.807, 2.05) is 4.90 Å². The van der Waals surface area contributed by atoms with Crippen molar-refractivity contribution < 1.29 is 9.53 Å². The number of rotatable bonds is 5. The Bertz CT molecular complexity index is 880. The predicted octanol–water partition coefficient (Wildman–Crippen LogP) is 1.74. The zero-order chi connectivity index (χ0) is 19.5. The first-order valence-electron chi connectivity index (χ1n) is 9.77. The number of hydrogen-bond acceptors (Lipinski definition) is 6. The maximum atomic E-state index is 12.8. The Labute approximate surface area is 168 Å². The fourth-order valence-electron chi connectivity index (χ4n) is 4.09. The quantitative estimate of drug-likeness (QED) is 0.824. The lowest BCUT2D eigenvalue weighted by molar-refractivity contribution is -0.136. The van der Waals surface area contributed by atoms with E-state index in [9.17, 15) is 9.59 Å². The normalized spacial score (nSPS) is 20.2. The maximum absolute atomic E-state index is 12.8. The Balaban J connectivity index is 1.48. The molecule has 0 bridgehead atoms. The number of ether oxygens (including phenoxy) is 1. The molecular weight excluding hydrogens is 376 g/mol. The van der Waals surface area contributed by atoms with E-state index in [-0.39, 0.29) is 24.0 Å². The van der Waals surface area contributed by atoms with Gasteiger partial charge in [0.05, 0.1) is 11.3 Å². The van der Waals surface area contributed by atoms with E-state index in [4.69, 9.17) is 9.72 Å². The van der Waals surface area contributed by atoms with E-state index >= 15 is 0 Å². The molecule has 0 unspecified atom stereocenters. The molecule has 150 valence electrons. The molecule has 1 atom stereocenters. The van der Waals surface area contributed by atoms with E-state index in [1.54, 1.807) is 11.3 Å². The number of thiophene rings is 1. The number of fused-ring (bicyclic) bond motifs is 1. The lowest BCUT2D eigenvalue weighted by Gasteiger charge is -2.33. The molecule has 8 heteroatoms. The molecule has 7 nitrogen and oxygen atoms in total. The first-order valence-corrected chi connectivity index (χ1v) is 10.7. The monoisotopic (exact) mass is 402 g/mol. The van der Waals surface area contributed by atoms with E-state index < -0.39 is 0 Å². The molecule has 1 fully saturated rings. The first kappa shape index (κ1) is 19.3. The third-order valence-electron chi connectivity index (χ3n) is 5.55. The minimum Gasteiger partial charge on any atom is -0.375 e. The Kier molecular flexibility index (Phi) is 5.89. The highest BCUT2D eigenvalue weighted by Gasteiger charge is 2.28. The van der Waals surface area contributed by atoms with Crippen molar-refractivity contribution in [3.63, 3.8) is 0 Å². The number of nitrogens with one attached hydrogen (secondary N) is 1. The number of methoxy groups -OCH3 is 1. The molecule has 1 amide bonds. The molecule has 0 saturated carbocycles. The number of aromatic nitrogens is 2. The van der Waals surface area contributed by atoms with Crippen LogP contribution in [0.5, 0.6) is 0 Å². The second-order valence-electron chi connectivity index (χ2n) is 7.53. The van der Waals surface area contributed by atoms with Crippen LogP contribution in [0.2, 0.25) is 0 Å². The Morgan fingerprint density at radius 2 is 2.32 bits per heavy atom. The second kappa shape index (κ2) is 8.55. The van der Waals surface area contributed by atoms with Gasteiger partial charge < -0.3 is 14.6 Å². The van der Waals surface area contributed by atoms with Crippen molar-refractivity contribution >= 4 is 17.2 Å². The Hall–Kier alpha value is -2.03. The second-order valence-corrected chi connectivity index (χ2v) is 8.56. The number of amides is 1. The summed E-state index contributed by atoms with van der Waals surface area (Å²) in [5.74, 6) is 0.804. The van der Waals surface area contributed by atoms with Crippen molar-refractivity contribution in [1.82, 2.24) is 19.8 Å². The van der Waals surface area contributed by atoms with Crippen LogP contribution >= 0.6 is 11.3 Å². The molecule has 28 heavy (non-hydrogen) atoms. The molecule has 2 aliphatic heterocycles. The van der Waals surface area contributed by atoms with Crippen LogP contribution < -0.4 is 5.56 Å². The third kappa shape index (κ3) is 4.19. The van der Waals surface area contributed by atoms with Crippen LogP contribution in [0.25, 0.3) is 0 Å². The van der Waals surface area contributed by atoms with Crippen molar-refractivity contribution in [2.75, 3.05) is 33.4 Å². The first-order chi connectivity index (χ1) is 13.6. The van der Waals surface area contributed by atoms with Crippen molar-refractivity contribution in [1.29, 1.82) is 0 Å². The summed E-state index contributed by atoms with van der Waals surface area (Å²) in [6.45, 7) is 3.85. The molecule has 0 aromatic carbocycles. The van der Waals surface area contributed by atoms with E-state index in [0.29, 0.717) is 13.1 Å². The zero-order valence-corrected chi connectivity index (χ0v) is 17.0. The van der Waals surface area contributed by atoms with Gasteiger partial charge in [0.25, 0.3) is 5.56 Å². The summed E-state index contributed by atoms with van der Waals surface area (Å²) in [4.78, 5) is 38.2. The molecule has 1 saturated heterocycles. The van der Waals surface area contributed by atoms with Crippen molar-refractivity contribution in [2.24, 2.45) is 0 Å². The summed E-state index contributed by atoms with van der Waals surface area (Å²) in [6.07, 6.45) is 2.63. The van der Waals surface area contributed by atoms with Crippen LogP contribution in [-0.2, 0) is 29.0 Å². The smallest absolute Gasteiger partial charge is 0.255 e. The molecule has 0 spiro atoms. The number of piperidine rings is 1. The van der Waals surface area contributed by atoms with Gasteiger partial charge >= 0.3 is 0 Å². The van der Waals surface area contributed by atoms with Crippen molar-refractivity contribution in [3.8, 4) is 0 Å². The van der Waals surface area contributed by atoms with Crippen molar-refractivity contribution in [3.05, 3.63) is 49.8 Å². The lowest BCUT2D eigenvalue weighted by atomic mass is 9.96. The number of hydrogen-bond donors (Lipinski definition) is 1. The topological polar surface area (TPSA) is 78.5 Å². The molecule has 4 heterocycles. The summed E-state index contributed by atoms with van der Waals surface area (Å²) in [5, 5.41) is 2.08. The van der Waals surface area contributed by atoms with E-state index in [0.717, 1.165) is 56.0 Å². The number of aromatic amines is 1. The third-order valence-corrected chi connectivity index (χ3v) is 6.42. The van der Waals surface area contributed by atoms with Crippen molar-refractivity contribution in [2.45, 2.75) is 38.3 Å². The van der Waals surface area contributed by atoms with Gasteiger partial charge in [0.2, 0.25) is 5.91 Å². The summed E-state index contributed by atoms with van der Waals surface area (Å²) < 4.78 is 4.97. The Morgan fingerprint density at radius 1 is 1.43 bits per heavy atom. The fourth-order valence-corrected chi connectivity index (χ4v) is 4.84. The molecule has 2 aliphatic rings. The van der Waals surface area contributed by atoms with Gasteiger partial charge in [-0.25, -0.2) is 4.98 Å². The van der Waals surface area contributed by atoms with Gasteiger partial charge in [-0.15, -0.1) is 11.3 Å². The molecule has 2 aromatic heterocycles. The highest BCUT2D eigenvalue weighted by molar-refractivity contribution is 7.09. The van der Waals surface area contributed by atoms with Gasteiger partial charge in [-0.3, -0.25) is 14.5 Å². The largest absolute Gasteiger partial charge is 0.375 e. The minimum absolute atomic E-state index is 0.00303. The zero-order valence-electron chi connectivity index (χ0n) is 16.1. The van der Waals surface area contributed by atoms with Gasteiger partial charge in [-0.05, 0) is 24.3 Å². The summed E-state index contributed by atoms with van der Waals surface area (Å²) in [6, 6.07) is 4.19. The lowest BCUT2D eigenvalue weighted by Crippen LogP contribution is -2.42. The molecular formula is C20H26N4O3S. The van der Waals surface area contributed by atoms with Crippen LogP contribution in [0, 0.1) is 0 Å². The summed E-state index contributed by atoms with van der Waals surface area (Å²) in [7, 11) is 1.53. The average molecular weight is 403 g/mol. The number of nitrogens with zero attached hydrogens (tertiary/aromatic N) is 3. The highest BCUT2D eigenvalue weighted by atomic mass is 32.1. The summed E-state index contributed by atoms with van der Waals surface area (Å²) in [5.41, 5.74) is 1.67. The van der Waals surface area contributed by atoms with Crippen LogP contribution in [0.15, 0.2) is 22.3 Å². The SMILES string of the molecule is COCC(=O)N1CCC[C@@H](c2nc3c(c(=O)[nH]2)CN(Cc2cccs2)CC3)C1. The highest BCUT2D eigenvalue weighted by Crippen LogP contribution is 2.26. The fraction of sp³-hybridized carbons (Fsp3) is 0.550. The number of carbonyl (C=O) groups is 1. The molecule has 2 aromatic rings. The molecule has 0 radical (unpaired) electrons. The number of likely N-dealkylation sites (tertiary alicyclic amines) is 1. The van der Waals surface area contributed by atoms with Gasteiger partial charge in [0.15, 0.2) is 0 Å². The predicted molar refractivity (Wildman–Crippen MR) is 107 cm³/mol. The minimum atomic E-state index is -0.0313. The van der Waals surface area contributed by atoms with Crippen LogP contribution in [0.4, 0.5) is 0 Å². The average Bonchev–Trinajstić information content (AvgIpc) is 3.21. The number of H-pyrrole nitrogens is 1. The molecule has 4 rings (SSSR count). The van der Waals surface area contributed by atoms with Crippen LogP contribution in [0.1, 0.15) is 40.7 Å². The number of carbonyl (C=O) groups excluding carboxylic acids is 1. The van der Waals surface area contributed by atoms with Gasteiger partial charge in [-0.2, -0.15) is 0 Å². The Morgan fingerprint density at radius 3 is 3.11 bits per heavy atom. The van der Waals surface area contributed by atoms with Gasteiger partial charge in [0.1, 0.15) is 12.4 Å². The van der Waals surface area contributed by atoms with E-state index in [2.05, 4.69) is 27.4 Å². The van der Waals surface area contributed by atoms with Crippen LogP contribution in [0.3, 0.4) is 0 Å². The summed E-state index contributed by atoms with van der Waals surface area (Å²) >= 11 is 1.74. The molecule has 1 N–H and O–H groups in total. The standard InChI is InChI=1S/C20H26N4O3S/c1-27-13-18(25)24-7-2-4-14(10-24)19-21-17-6-8-23(11-15-5-3-9-28-15)12-16(17)20(26)22-19/h3,5,9,14H,2,4,6-8,10-13H2,1H3,(H,21,22,26)/t14-/m1/s1. The van der Waals surface area contributed by atoms with Gasteiger partial charge in [0, 0.05) is 57.0 Å². The maximum Gasteiger partial charge on any atom is 0.255 e.